The largest absolute Gasteiger partial charge is 0.358 e. The van der Waals surface area contributed by atoms with Gasteiger partial charge < -0.3 is 16.0 Å². The number of anilines is 1. The minimum atomic E-state index is -0.139. The van der Waals surface area contributed by atoms with E-state index >= 15 is 0 Å². The third kappa shape index (κ3) is 4.06. The molecule has 2 heterocycles. The fraction of sp³-hybridized carbons (Fsp3) is 0.615. The molecule has 1 aromatic heterocycles. The van der Waals surface area contributed by atoms with Crippen LogP contribution in [0.25, 0.3) is 0 Å². The van der Waals surface area contributed by atoms with Crippen LogP contribution in [0.5, 0.6) is 0 Å². The summed E-state index contributed by atoms with van der Waals surface area (Å²) in [5, 5.41) is 12.6. The summed E-state index contributed by atoms with van der Waals surface area (Å²) in [7, 11) is 1.58. The van der Waals surface area contributed by atoms with Gasteiger partial charge in [-0.3, -0.25) is 14.3 Å². The Balaban J connectivity index is 1.89. The number of nitrogens with zero attached hydrogens (tertiary/aromatic N) is 2. The van der Waals surface area contributed by atoms with Gasteiger partial charge in [-0.05, 0) is 19.4 Å². The quantitative estimate of drug-likeness (QED) is 0.729. The summed E-state index contributed by atoms with van der Waals surface area (Å²) in [6.07, 6.45) is 7.43. The molecule has 1 aliphatic heterocycles. The lowest BCUT2D eigenvalue weighted by Crippen LogP contribution is -2.39. The van der Waals surface area contributed by atoms with Crippen molar-refractivity contribution in [2.75, 3.05) is 18.9 Å². The molecule has 1 atom stereocenters. The maximum absolute atomic E-state index is 12.1. The lowest BCUT2D eigenvalue weighted by atomic mass is 10.1. The van der Waals surface area contributed by atoms with Gasteiger partial charge in [0.05, 0.1) is 17.9 Å². The minimum Gasteiger partial charge on any atom is -0.358 e. The van der Waals surface area contributed by atoms with Crippen LogP contribution in [0, 0.1) is 0 Å². The Hall–Kier alpha value is -1.89. The topological polar surface area (TPSA) is 88.0 Å². The van der Waals surface area contributed by atoms with Crippen molar-refractivity contribution in [2.45, 2.75) is 38.3 Å². The SMILES string of the molecule is CNC(=O)Cn1cc(NC(=O)C2CCCCCN2)cn1. The molecule has 7 heteroatoms. The normalized spacial score (nSPS) is 19.1. The predicted molar refractivity (Wildman–Crippen MR) is 75.2 cm³/mol. The van der Waals surface area contributed by atoms with Gasteiger partial charge in [0.15, 0.2) is 0 Å². The third-order valence-corrected chi connectivity index (χ3v) is 3.36. The Labute approximate surface area is 118 Å². The molecule has 1 aliphatic rings. The second-order valence-corrected chi connectivity index (χ2v) is 4.95. The average molecular weight is 279 g/mol. The van der Waals surface area contributed by atoms with E-state index < -0.39 is 0 Å². The minimum absolute atomic E-state index is 0.0357. The number of nitrogens with one attached hydrogen (secondary N) is 3. The number of likely N-dealkylation sites (N-methyl/N-ethyl adjacent to an activating group) is 1. The van der Waals surface area contributed by atoms with Crippen molar-refractivity contribution in [3.8, 4) is 0 Å². The zero-order valence-electron chi connectivity index (χ0n) is 11.7. The van der Waals surface area contributed by atoms with E-state index in [0.717, 1.165) is 25.8 Å². The highest BCUT2D eigenvalue weighted by Crippen LogP contribution is 2.11. The van der Waals surface area contributed by atoms with Crippen LogP contribution in [-0.4, -0.2) is 41.2 Å². The first-order valence-electron chi connectivity index (χ1n) is 6.96. The number of hydrogen-bond acceptors (Lipinski definition) is 4. The maximum Gasteiger partial charge on any atom is 0.241 e. The molecule has 0 saturated carbocycles. The smallest absolute Gasteiger partial charge is 0.241 e. The van der Waals surface area contributed by atoms with Crippen LogP contribution in [-0.2, 0) is 16.1 Å². The molecule has 110 valence electrons. The van der Waals surface area contributed by atoms with E-state index in [1.54, 1.807) is 19.4 Å². The van der Waals surface area contributed by atoms with E-state index in [4.69, 9.17) is 0 Å². The molecule has 2 amide bonds. The highest BCUT2D eigenvalue weighted by Gasteiger charge is 2.19. The molecule has 1 saturated heterocycles. The second-order valence-electron chi connectivity index (χ2n) is 4.95. The number of amides is 2. The molecule has 3 N–H and O–H groups in total. The van der Waals surface area contributed by atoms with Gasteiger partial charge in [0.2, 0.25) is 11.8 Å². The monoisotopic (exact) mass is 279 g/mol. The van der Waals surface area contributed by atoms with Crippen molar-refractivity contribution in [1.82, 2.24) is 20.4 Å². The van der Waals surface area contributed by atoms with Crippen molar-refractivity contribution >= 4 is 17.5 Å². The van der Waals surface area contributed by atoms with Crippen molar-refractivity contribution in [3.63, 3.8) is 0 Å². The number of carbonyl (C=O) groups is 2. The summed E-state index contributed by atoms with van der Waals surface area (Å²) >= 11 is 0. The fourth-order valence-electron chi connectivity index (χ4n) is 2.22. The first-order chi connectivity index (χ1) is 9.69. The van der Waals surface area contributed by atoms with E-state index in [-0.39, 0.29) is 24.4 Å². The lowest BCUT2D eigenvalue weighted by Gasteiger charge is -2.14. The predicted octanol–water partition coefficient (Wildman–Crippen LogP) is 0.0998. The Morgan fingerprint density at radius 1 is 1.45 bits per heavy atom. The van der Waals surface area contributed by atoms with E-state index in [1.165, 1.54) is 11.1 Å². The van der Waals surface area contributed by atoms with Gasteiger partial charge in [0.1, 0.15) is 6.54 Å². The van der Waals surface area contributed by atoms with Crippen molar-refractivity contribution in [1.29, 1.82) is 0 Å². The summed E-state index contributed by atoms with van der Waals surface area (Å²) in [4.78, 5) is 23.3. The van der Waals surface area contributed by atoms with Crippen LogP contribution < -0.4 is 16.0 Å². The Morgan fingerprint density at radius 3 is 3.10 bits per heavy atom. The van der Waals surface area contributed by atoms with Crippen molar-refractivity contribution < 1.29 is 9.59 Å². The Kier molecular flexibility index (Phi) is 5.11. The van der Waals surface area contributed by atoms with E-state index in [9.17, 15) is 9.59 Å². The highest BCUT2D eigenvalue weighted by atomic mass is 16.2. The summed E-state index contributed by atoms with van der Waals surface area (Å²) < 4.78 is 1.50. The van der Waals surface area contributed by atoms with Gasteiger partial charge in [-0.2, -0.15) is 5.10 Å². The molecule has 1 fully saturated rings. The van der Waals surface area contributed by atoms with E-state index in [1.807, 2.05) is 0 Å². The van der Waals surface area contributed by atoms with Gasteiger partial charge >= 0.3 is 0 Å². The van der Waals surface area contributed by atoms with Crippen LogP contribution in [0.4, 0.5) is 5.69 Å². The number of carbonyl (C=O) groups excluding carboxylic acids is 2. The van der Waals surface area contributed by atoms with Gasteiger partial charge in [0, 0.05) is 13.2 Å². The van der Waals surface area contributed by atoms with Gasteiger partial charge in [-0.25, -0.2) is 0 Å². The van der Waals surface area contributed by atoms with E-state index in [2.05, 4.69) is 21.0 Å². The molecular formula is C13H21N5O2. The molecule has 1 unspecified atom stereocenters. The molecule has 0 spiro atoms. The van der Waals surface area contributed by atoms with Gasteiger partial charge in [0.25, 0.3) is 0 Å². The summed E-state index contributed by atoms with van der Waals surface area (Å²) in [5.41, 5.74) is 0.616. The fourth-order valence-corrected chi connectivity index (χ4v) is 2.22. The molecule has 7 nitrogen and oxygen atoms in total. The summed E-state index contributed by atoms with van der Waals surface area (Å²) in [5.74, 6) is -0.164. The number of rotatable bonds is 4. The zero-order chi connectivity index (χ0) is 14.4. The first-order valence-corrected chi connectivity index (χ1v) is 6.96. The standard InChI is InChI=1S/C13H21N5O2/c1-14-12(19)9-18-8-10(7-16-18)17-13(20)11-5-3-2-4-6-15-11/h7-8,11,15H,2-6,9H2,1H3,(H,14,19)(H,17,20). The van der Waals surface area contributed by atoms with Crippen LogP contribution in [0.2, 0.25) is 0 Å². The average Bonchev–Trinajstić information content (AvgIpc) is 2.71. The van der Waals surface area contributed by atoms with Crippen LogP contribution in [0.3, 0.4) is 0 Å². The number of aromatic nitrogens is 2. The van der Waals surface area contributed by atoms with Gasteiger partial charge in [-0.15, -0.1) is 0 Å². The molecule has 1 aromatic rings. The van der Waals surface area contributed by atoms with Crippen LogP contribution in [0.15, 0.2) is 12.4 Å². The van der Waals surface area contributed by atoms with E-state index in [0.29, 0.717) is 5.69 Å². The second kappa shape index (κ2) is 7.04. The molecule has 0 bridgehead atoms. The molecule has 0 aliphatic carbocycles. The van der Waals surface area contributed by atoms with Crippen LogP contribution >= 0.6 is 0 Å². The van der Waals surface area contributed by atoms with Crippen molar-refractivity contribution in [2.24, 2.45) is 0 Å². The molecular weight excluding hydrogens is 258 g/mol. The molecule has 0 aromatic carbocycles. The zero-order valence-corrected chi connectivity index (χ0v) is 11.7. The first kappa shape index (κ1) is 14.5. The molecule has 0 radical (unpaired) electrons. The molecule has 2 rings (SSSR count). The molecule has 20 heavy (non-hydrogen) atoms. The summed E-state index contributed by atoms with van der Waals surface area (Å²) in [6.45, 7) is 1.03. The third-order valence-electron chi connectivity index (χ3n) is 3.36. The Morgan fingerprint density at radius 2 is 2.30 bits per heavy atom. The van der Waals surface area contributed by atoms with Crippen LogP contribution in [0.1, 0.15) is 25.7 Å². The van der Waals surface area contributed by atoms with Gasteiger partial charge in [-0.1, -0.05) is 12.8 Å². The summed E-state index contributed by atoms with van der Waals surface area (Å²) in [6, 6.07) is -0.139. The number of hydrogen-bond donors (Lipinski definition) is 3. The maximum atomic E-state index is 12.1. The lowest BCUT2D eigenvalue weighted by molar-refractivity contribution is -0.121. The highest BCUT2D eigenvalue weighted by molar-refractivity contribution is 5.94. The Bertz CT molecular complexity index is 463. The van der Waals surface area contributed by atoms with Crippen molar-refractivity contribution in [3.05, 3.63) is 12.4 Å².